The molecule has 1 aromatic carbocycles. The first-order chi connectivity index (χ1) is 11.6. The second-order valence-electron chi connectivity index (χ2n) is 8.09. The van der Waals surface area contributed by atoms with Crippen LogP contribution < -0.4 is 10.5 Å². The Hall–Kier alpha value is -1.69. The van der Waals surface area contributed by atoms with Crippen LogP contribution in [0.1, 0.15) is 58.6 Å². The monoisotopic (exact) mass is 364 g/mol. The summed E-state index contributed by atoms with van der Waals surface area (Å²) in [6, 6.07) is 6.31. The Morgan fingerprint density at radius 1 is 1.16 bits per heavy atom. The standard InChI is InChI=1S/C19H28N2O3S/c1-18(2,3)13-8-7-9-14(16(13)19(4,5)6)23-10-11-25-12-15-20-21-17(22)24-15/h7-9H,10-12H2,1-6H3,(H,21,22). The van der Waals surface area contributed by atoms with Gasteiger partial charge in [0.1, 0.15) is 5.75 Å². The van der Waals surface area contributed by atoms with Gasteiger partial charge >= 0.3 is 5.76 Å². The van der Waals surface area contributed by atoms with Crippen LogP contribution in [0, 0.1) is 0 Å². The number of nitrogens with one attached hydrogen (secondary N) is 1. The Morgan fingerprint density at radius 3 is 2.44 bits per heavy atom. The Bertz CT molecular complexity index is 751. The van der Waals surface area contributed by atoms with E-state index in [1.807, 2.05) is 6.07 Å². The summed E-state index contributed by atoms with van der Waals surface area (Å²) in [7, 11) is 0. The zero-order chi connectivity index (χ0) is 18.7. The molecule has 1 aromatic heterocycles. The molecule has 0 radical (unpaired) electrons. The Labute approximate surface area is 153 Å². The van der Waals surface area contributed by atoms with Crippen LogP contribution in [0.2, 0.25) is 0 Å². The first-order valence-corrected chi connectivity index (χ1v) is 9.63. The number of thioether (sulfide) groups is 1. The van der Waals surface area contributed by atoms with Crippen molar-refractivity contribution in [2.45, 2.75) is 58.1 Å². The summed E-state index contributed by atoms with van der Waals surface area (Å²) in [5.41, 5.74) is 2.66. The van der Waals surface area contributed by atoms with E-state index in [4.69, 9.17) is 9.15 Å². The third kappa shape index (κ3) is 5.39. The molecule has 25 heavy (non-hydrogen) atoms. The second-order valence-corrected chi connectivity index (χ2v) is 9.19. The van der Waals surface area contributed by atoms with Gasteiger partial charge in [0.05, 0.1) is 12.4 Å². The van der Waals surface area contributed by atoms with Crippen LogP contribution in [0.25, 0.3) is 0 Å². The van der Waals surface area contributed by atoms with Crippen molar-refractivity contribution in [2.75, 3.05) is 12.4 Å². The highest BCUT2D eigenvalue weighted by atomic mass is 32.2. The lowest BCUT2D eigenvalue weighted by atomic mass is 9.75. The Morgan fingerprint density at radius 2 is 1.88 bits per heavy atom. The van der Waals surface area contributed by atoms with Crippen LogP contribution in [0.5, 0.6) is 5.75 Å². The fraction of sp³-hybridized carbons (Fsp3) is 0.579. The maximum atomic E-state index is 10.9. The molecule has 0 saturated carbocycles. The molecule has 1 N–H and O–H groups in total. The first-order valence-electron chi connectivity index (χ1n) is 8.48. The molecule has 2 rings (SSSR count). The van der Waals surface area contributed by atoms with Gasteiger partial charge in [0.2, 0.25) is 5.89 Å². The lowest BCUT2D eigenvalue weighted by Crippen LogP contribution is -2.23. The van der Waals surface area contributed by atoms with Gasteiger partial charge in [-0.2, -0.15) is 0 Å². The minimum absolute atomic E-state index is 0.00476. The average molecular weight is 365 g/mol. The molecule has 0 aliphatic rings. The zero-order valence-corrected chi connectivity index (χ0v) is 16.8. The number of rotatable bonds is 6. The molecule has 138 valence electrons. The van der Waals surface area contributed by atoms with Crippen molar-refractivity contribution >= 4 is 11.8 Å². The van der Waals surface area contributed by atoms with Crippen LogP contribution in [0.15, 0.2) is 27.4 Å². The summed E-state index contributed by atoms with van der Waals surface area (Å²) < 4.78 is 11.0. The second kappa shape index (κ2) is 7.68. The summed E-state index contributed by atoms with van der Waals surface area (Å²) in [6.45, 7) is 13.9. The van der Waals surface area contributed by atoms with E-state index < -0.39 is 5.76 Å². The van der Waals surface area contributed by atoms with Crippen molar-refractivity contribution in [3.05, 3.63) is 45.8 Å². The van der Waals surface area contributed by atoms with Gasteiger partial charge in [-0.3, -0.25) is 0 Å². The van der Waals surface area contributed by atoms with E-state index in [0.717, 1.165) is 11.5 Å². The normalized spacial score (nSPS) is 12.4. The minimum atomic E-state index is -0.513. The molecular weight excluding hydrogens is 336 g/mol. The van der Waals surface area contributed by atoms with Gasteiger partial charge in [-0.25, -0.2) is 9.89 Å². The van der Waals surface area contributed by atoms with Gasteiger partial charge in [-0.05, 0) is 22.5 Å². The Kier molecular flexibility index (Phi) is 6.03. The van der Waals surface area contributed by atoms with Crippen molar-refractivity contribution in [2.24, 2.45) is 0 Å². The number of hydrogen-bond acceptors (Lipinski definition) is 5. The molecule has 1 heterocycles. The molecule has 2 aromatic rings. The van der Waals surface area contributed by atoms with Crippen LogP contribution in [0.3, 0.4) is 0 Å². The highest BCUT2D eigenvalue weighted by Crippen LogP contribution is 2.39. The van der Waals surface area contributed by atoms with Crippen molar-refractivity contribution in [3.63, 3.8) is 0 Å². The highest BCUT2D eigenvalue weighted by Gasteiger charge is 2.28. The maximum absolute atomic E-state index is 10.9. The molecule has 0 aliphatic carbocycles. The van der Waals surface area contributed by atoms with Gasteiger partial charge < -0.3 is 9.15 Å². The molecule has 0 spiro atoms. The third-order valence-corrected chi connectivity index (χ3v) is 4.68. The molecule has 0 unspecified atom stereocenters. The smallest absolute Gasteiger partial charge is 0.434 e. The van der Waals surface area contributed by atoms with Crippen LogP contribution in [-0.4, -0.2) is 22.6 Å². The predicted molar refractivity (Wildman–Crippen MR) is 103 cm³/mol. The average Bonchev–Trinajstić information content (AvgIpc) is 2.90. The van der Waals surface area contributed by atoms with Gasteiger partial charge in [0.15, 0.2) is 0 Å². The predicted octanol–water partition coefficient (Wildman–Crippen LogP) is 4.27. The van der Waals surface area contributed by atoms with Gasteiger partial charge in [0, 0.05) is 11.3 Å². The summed E-state index contributed by atoms with van der Waals surface area (Å²) in [5, 5.41) is 6.05. The number of nitrogens with zero attached hydrogens (tertiary/aromatic N) is 1. The lowest BCUT2D eigenvalue weighted by molar-refractivity contribution is 0.330. The number of ether oxygens (including phenoxy) is 1. The fourth-order valence-corrected chi connectivity index (χ4v) is 3.39. The summed E-state index contributed by atoms with van der Waals surface area (Å²) >= 11 is 1.62. The van der Waals surface area contributed by atoms with Gasteiger partial charge in [-0.1, -0.05) is 53.7 Å². The van der Waals surface area contributed by atoms with Crippen LogP contribution >= 0.6 is 11.8 Å². The number of aromatic nitrogens is 2. The van der Waals surface area contributed by atoms with Gasteiger partial charge in [0.25, 0.3) is 0 Å². The van der Waals surface area contributed by atoms with Crippen molar-refractivity contribution in [3.8, 4) is 5.75 Å². The van der Waals surface area contributed by atoms with E-state index in [2.05, 4.69) is 63.9 Å². The SMILES string of the molecule is CC(C)(C)c1cccc(OCCSCc2n[nH]c(=O)o2)c1C(C)(C)C. The van der Waals surface area contributed by atoms with E-state index in [1.54, 1.807) is 11.8 Å². The lowest BCUT2D eigenvalue weighted by Gasteiger charge is -2.31. The molecule has 0 amide bonds. The zero-order valence-electron chi connectivity index (χ0n) is 15.9. The number of hydrogen-bond donors (Lipinski definition) is 1. The summed E-state index contributed by atoms with van der Waals surface area (Å²) in [4.78, 5) is 10.9. The number of benzene rings is 1. The molecule has 0 fully saturated rings. The summed E-state index contributed by atoms with van der Waals surface area (Å²) in [5.74, 6) is 2.20. The quantitative estimate of drug-likeness (QED) is 0.775. The number of H-pyrrole nitrogens is 1. The van der Waals surface area contributed by atoms with E-state index in [-0.39, 0.29) is 10.8 Å². The van der Waals surface area contributed by atoms with E-state index in [1.165, 1.54) is 11.1 Å². The van der Waals surface area contributed by atoms with E-state index in [9.17, 15) is 4.79 Å². The minimum Gasteiger partial charge on any atom is -0.492 e. The molecule has 0 bridgehead atoms. The van der Waals surface area contributed by atoms with E-state index in [0.29, 0.717) is 18.3 Å². The van der Waals surface area contributed by atoms with Crippen molar-refractivity contribution in [1.82, 2.24) is 10.2 Å². The topological polar surface area (TPSA) is 68.1 Å². The molecule has 5 nitrogen and oxygen atoms in total. The number of aromatic amines is 1. The molecule has 0 saturated heterocycles. The molecule has 6 heteroatoms. The largest absolute Gasteiger partial charge is 0.492 e. The molecule has 0 atom stereocenters. The summed E-state index contributed by atoms with van der Waals surface area (Å²) in [6.07, 6.45) is 0. The highest BCUT2D eigenvalue weighted by molar-refractivity contribution is 7.98. The molecular formula is C19H28N2O3S. The molecule has 0 aliphatic heterocycles. The van der Waals surface area contributed by atoms with E-state index >= 15 is 0 Å². The van der Waals surface area contributed by atoms with Crippen LogP contribution in [-0.2, 0) is 16.6 Å². The van der Waals surface area contributed by atoms with Crippen LogP contribution in [0.4, 0.5) is 0 Å². The third-order valence-electron chi connectivity index (χ3n) is 3.78. The maximum Gasteiger partial charge on any atom is 0.434 e. The van der Waals surface area contributed by atoms with Gasteiger partial charge in [-0.15, -0.1) is 16.9 Å². The first kappa shape index (κ1) is 19.6. The van der Waals surface area contributed by atoms with Crippen molar-refractivity contribution in [1.29, 1.82) is 0 Å². The van der Waals surface area contributed by atoms with Crippen molar-refractivity contribution < 1.29 is 9.15 Å². The Balaban J connectivity index is 2.02. The fourth-order valence-electron chi connectivity index (χ4n) is 2.74.